The third kappa shape index (κ3) is 4.84. The number of benzene rings is 3. The van der Waals surface area contributed by atoms with Crippen LogP contribution in [0.25, 0.3) is 11.3 Å². The summed E-state index contributed by atoms with van der Waals surface area (Å²) >= 11 is 0. The van der Waals surface area contributed by atoms with Crippen molar-refractivity contribution < 1.29 is 18.7 Å². The van der Waals surface area contributed by atoms with Crippen molar-refractivity contribution in [2.75, 3.05) is 17.7 Å². The Morgan fingerprint density at radius 2 is 1.74 bits per heavy atom. The third-order valence-electron chi connectivity index (χ3n) is 5.69. The first-order chi connectivity index (χ1) is 16.2. The van der Waals surface area contributed by atoms with Gasteiger partial charge in [0.05, 0.1) is 30.5 Å². The molecule has 0 fully saturated rings. The normalized spacial score (nSPS) is 14.3. The maximum atomic E-state index is 13.8. The number of anilines is 2. The Labute approximate surface area is 197 Å². The van der Waals surface area contributed by atoms with Gasteiger partial charge in [0.15, 0.2) is 0 Å². The van der Waals surface area contributed by atoms with Crippen LogP contribution in [0, 0.1) is 5.82 Å². The minimum Gasteiger partial charge on any atom is -0.469 e. The molecule has 1 amide bonds. The molecule has 6 nitrogen and oxygen atoms in total. The molecule has 34 heavy (non-hydrogen) atoms. The Morgan fingerprint density at radius 1 is 1.06 bits per heavy atom. The molecule has 1 aliphatic rings. The molecule has 4 N–H and O–H groups in total. The summed E-state index contributed by atoms with van der Waals surface area (Å²) in [5.74, 6) is -1.10. The summed E-state index contributed by atoms with van der Waals surface area (Å²) in [7, 11) is 1.35. The Morgan fingerprint density at radius 3 is 2.35 bits per heavy atom. The van der Waals surface area contributed by atoms with E-state index in [1.54, 1.807) is 6.07 Å². The maximum Gasteiger partial charge on any atom is 0.309 e. The fourth-order valence-corrected chi connectivity index (χ4v) is 3.83. The topological polar surface area (TPSA) is 93.4 Å². The molecule has 0 aromatic heterocycles. The lowest BCUT2D eigenvalue weighted by Crippen LogP contribution is -2.28. The van der Waals surface area contributed by atoms with Gasteiger partial charge in [-0.15, -0.1) is 0 Å². The third-order valence-corrected chi connectivity index (χ3v) is 5.69. The molecule has 0 saturated carbocycles. The molecule has 0 spiro atoms. The van der Waals surface area contributed by atoms with Crippen molar-refractivity contribution in [1.29, 1.82) is 0 Å². The van der Waals surface area contributed by atoms with Gasteiger partial charge >= 0.3 is 5.97 Å². The van der Waals surface area contributed by atoms with Crippen LogP contribution < -0.4 is 16.4 Å². The number of nitrogens with two attached hydrogens (primary N) is 1. The molecule has 0 atom stereocenters. The van der Waals surface area contributed by atoms with E-state index in [1.165, 1.54) is 19.2 Å². The first kappa shape index (κ1) is 23.2. The highest BCUT2D eigenvalue weighted by atomic mass is 19.1. The van der Waals surface area contributed by atoms with Gasteiger partial charge in [-0.1, -0.05) is 36.4 Å². The monoisotopic (exact) mass is 459 g/mol. The quantitative estimate of drug-likeness (QED) is 0.368. The van der Waals surface area contributed by atoms with Crippen molar-refractivity contribution >= 4 is 34.5 Å². The number of fused-ring (bicyclic) bond motifs is 1. The van der Waals surface area contributed by atoms with Gasteiger partial charge in [-0.2, -0.15) is 0 Å². The fourth-order valence-electron chi connectivity index (χ4n) is 3.83. The minimum atomic E-state index is -0.482. The molecule has 1 heterocycles. The van der Waals surface area contributed by atoms with Gasteiger partial charge in [-0.3, -0.25) is 9.59 Å². The second-order valence-corrected chi connectivity index (χ2v) is 8.77. The SMILES string of the molecule is COC(=O)Cc1ccc(/C(Nc2ccc(C(C)(C)N)cc2)=C2/C(=O)Nc3cc(F)ccc32)cc1. The predicted molar refractivity (Wildman–Crippen MR) is 131 cm³/mol. The number of hydrogen-bond donors (Lipinski definition) is 3. The molecular formula is C27H26FN3O3. The molecule has 3 aromatic carbocycles. The summed E-state index contributed by atoms with van der Waals surface area (Å²) in [6.45, 7) is 3.86. The highest BCUT2D eigenvalue weighted by Crippen LogP contribution is 2.38. The standard InChI is InChI=1S/C27H26FN3O3/c1-27(2,29)18-8-11-20(12-9-18)30-25(17-6-4-16(5-7-17)14-23(32)34-3)24-21-13-10-19(28)15-22(21)31-26(24)33/h4-13,15,30H,14,29H2,1-3H3,(H,31,33)/b25-24-. The predicted octanol–water partition coefficient (Wildman–Crippen LogP) is 4.67. The number of halogens is 1. The van der Waals surface area contributed by atoms with Crippen molar-refractivity contribution in [1.82, 2.24) is 0 Å². The molecule has 3 aromatic rings. The number of esters is 1. The van der Waals surface area contributed by atoms with E-state index in [4.69, 9.17) is 10.5 Å². The second-order valence-electron chi connectivity index (χ2n) is 8.77. The maximum absolute atomic E-state index is 13.8. The van der Waals surface area contributed by atoms with Gasteiger partial charge in [0.1, 0.15) is 5.82 Å². The minimum absolute atomic E-state index is 0.148. The zero-order chi connectivity index (χ0) is 24.5. The average Bonchev–Trinajstić information content (AvgIpc) is 3.12. The smallest absolute Gasteiger partial charge is 0.309 e. The van der Waals surface area contributed by atoms with Crippen LogP contribution in [0.1, 0.15) is 36.1 Å². The highest BCUT2D eigenvalue weighted by Gasteiger charge is 2.29. The van der Waals surface area contributed by atoms with Gasteiger partial charge in [0, 0.05) is 16.8 Å². The van der Waals surface area contributed by atoms with E-state index in [0.717, 1.165) is 22.4 Å². The summed E-state index contributed by atoms with van der Waals surface area (Å²) in [4.78, 5) is 24.6. The molecule has 7 heteroatoms. The fraction of sp³-hybridized carbons (Fsp3) is 0.185. The van der Waals surface area contributed by atoms with Crippen LogP contribution in [-0.2, 0) is 26.3 Å². The number of amides is 1. The van der Waals surface area contributed by atoms with Gasteiger partial charge in [-0.05, 0) is 60.9 Å². The van der Waals surface area contributed by atoms with Gasteiger partial charge in [0.2, 0.25) is 0 Å². The van der Waals surface area contributed by atoms with E-state index in [-0.39, 0.29) is 18.3 Å². The van der Waals surface area contributed by atoms with E-state index in [2.05, 4.69) is 10.6 Å². The summed E-state index contributed by atoms with van der Waals surface area (Å²) in [6.07, 6.45) is 0.148. The molecule has 0 unspecified atom stereocenters. The summed E-state index contributed by atoms with van der Waals surface area (Å²) in [6, 6.07) is 19.2. The van der Waals surface area contributed by atoms with Gasteiger partial charge in [0.25, 0.3) is 5.91 Å². The number of methoxy groups -OCH3 is 1. The summed E-state index contributed by atoms with van der Waals surface area (Å²) in [5.41, 5.74) is 11.0. The van der Waals surface area contributed by atoms with E-state index in [9.17, 15) is 14.0 Å². The molecule has 0 aliphatic carbocycles. The van der Waals surface area contributed by atoms with E-state index in [0.29, 0.717) is 22.5 Å². The molecule has 4 rings (SSSR count). The zero-order valence-corrected chi connectivity index (χ0v) is 19.2. The molecule has 1 aliphatic heterocycles. The molecule has 0 bridgehead atoms. The Kier molecular flexibility index (Phi) is 6.22. The zero-order valence-electron chi connectivity index (χ0n) is 19.2. The average molecular weight is 460 g/mol. The van der Waals surface area contributed by atoms with Crippen LogP contribution in [0.4, 0.5) is 15.8 Å². The Bertz CT molecular complexity index is 1270. The molecule has 0 saturated heterocycles. The van der Waals surface area contributed by atoms with Gasteiger partial charge < -0.3 is 21.1 Å². The summed E-state index contributed by atoms with van der Waals surface area (Å²) < 4.78 is 18.5. The number of rotatable bonds is 6. The van der Waals surface area contributed by atoms with Crippen molar-refractivity contribution in [3.63, 3.8) is 0 Å². The molecule has 0 radical (unpaired) electrons. The first-order valence-electron chi connectivity index (χ1n) is 10.8. The van der Waals surface area contributed by atoms with Crippen molar-refractivity contribution in [3.8, 4) is 0 Å². The lowest BCUT2D eigenvalue weighted by atomic mass is 9.95. The van der Waals surface area contributed by atoms with Crippen LogP contribution in [0.3, 0.4) is 0 Å². The van der Waals surface area contributed by atoms with Crippen LogP contribution >= 0.6 is 0 Å². The lowest BCUT2D eigenvalue weighted by molar-refractivity contribution is -0.139. The number of nitrogens with one attached hydrogen (secondary N) is 2. The Hall–Kier alpha value is -3.97. The van der Waals surface area contributed by atoms with Gasteiger partial charge in [-0.25, -0.2) is 4.39 Å². The molecule has 174 valence electrons. The number of carbonyl (C=O) groups excluding carboxylic acids is 2. The van der Waals surface area contributed by atoms with E-state index < -0.39 is 11.4 Å². The number of hydrogen-bond acceptors (Lipinski definition) is 5. The van der Waals surface area contributed by atoms with Crippen LogP contribution in [0.2, 0.25) is 0 Å². The summed E-state index contributed by atoms with van der Waals surface area (Å²) in [5, 5.41) is 6.11. The number of ether oxygens (including phenoxy) is 1. The Balaban J connectivity index is 1.79. The highest BCUT2D eigenvalue weighted by molar-refractivity contribution is 6.37. The second kappa shape index (κ2) is 9.11. The first-order valence-corrected chi connectivity index (χ1v) is 10.8. The van der Waals surface area contributed by atoms with Crippen molar-refractivity contribution in [3.05, 3.63) is 94.8 Å². The molecular weight excluding hydrogens is 433 g/mol. The van der Waals surface area contributed by atoms with Crippen LogP contribution in [0.5, 0.6) is 0 Å². The van der Waals surface area contributed by atoms with Crippen LogP contribution in [-0.4, -0.2) is 19.0 Å². The van der Waals surface area contributed by atoms with Crippen molar-refractivity contribution in [2.45, 2.75) is 25.8 Å². The van der Waals surface area contributed by atoms with Crippen molar-refractivity contribution in [2.24, 2.45) is 5.73 Å². The van der Waals surface area contributed by atoms with E-state index >= 15 is 0 Å². The number of carbonyl (C=O) groups is 2. The lowest BCUT2D eigenvalue weighted by Gasteiger charge is -2.20. The largest absolute Gasteiger partial charge is 0.469 e. The van der Waals surface area contributed by atoms with Crippen LogP contribution in [0.15, 0.2) is 66.7 Å². The van der Waals surface area contributed by atoms with E-state index in [1.807, 2.05) is 62.4 Å².